The molecule has 2 rings (SSSR count). The molecule has 82 valence electrons. The summed E-state index contributed by atoms with van der Waals surface area (Å²) in [6.45, 7) is 4.05. The van der Waals surface area contributed by atoms with E-state index in [4.69, 9.17) is 4.74 Å². The number of hydrogen-bond donors (Lipinski definition) is 1. The Hall–Kier alpha value is -0.510. The lowest BCUT2D eigenvalue weighted by molar-refractivity contribution is 0.184. The molecule has 0 bridgehead atoms. The second-order valence-electron chi connectivity index (χ2n) is 3.87. The Labute approximate surface area is 95.4 Å². The van der Waals surface area contributed by atoms with Crippen LogP contribution >= 0.6 is 11.8 Å². The molecule has 1 aliphatic rings. The van der Waals surface area contributed by atoms with Crippen LogP contribution < -0.4 is 5.32 Å². The van der Waals surface area contributed by atoms with Crippen LogP contribution in [0.3, 0.4) is 0 Å². The van der Waals surface area contributed by atoms with Crippen molar-refractivity contribution in [1.29, 1.82) is 0 Å². The lowest BCUT2D eigenvalue weighted by atomic mass is 10.1. The van der Waals surface area contributed by atoms with Crippen LogP contribution in [0.5, 0.6) is 0 Å². The molecule has 0 spiro atoms. The predicted octanol–water partition coefficient (Wildman–Crippen LogP) is 2.56. The third kappa shape index (κ3) is 2.54. The van der Waals surface area contributed by atoms with Gasteiger partial charge in [0.1, 0.15) is 0 Å². The van der Waals surface area contributed by atoms with E-state index in [1.54, 1.807) is 7.11 Å². The number of methoxy groups -OCH3 is 1. The first-order valence-electron chi connectivity index (χ1n) is 5.27. The van der Waals surface area contributed by atoms with Crippen molar-refractivity contribution in [2.24, 2.45) is 0 Å². The topological polar surface area (TPSA) is 21.3 Å². The lowest BCUT2D eigenvalue weighted by Crippen LogP contribution is -2.15. The van der Waals surface area contributed by atoms with E-state index >= 15 is 0 Å². The van der Waals surface area contributed by atoms with E-state index < -0.39 is 0 Å². The molecular weight excluding hydrogens is 206 g/mol. The fourth-order valence-electron chi connectivity index (χ4n) is 1.86. The van der Waals surface area contributed by atoms with Gasteiger partial charge >= 0.3 is 0 Å². The second-order valence-corrected chi connectivity index (χ2v) is 5.42. The highest BCUT2D eigenvalue weighted by Gasteiger charge is 2.24. The standard InChI is InChI=1S/C12H17NOS/c1-9-7-13-12(15-9)11-6-4-3-5-10(11)8-14-2/h3-6,9,12-13H,7-8H2,1-2H3. The molecule has 0 saturated carbocycles. The molecule has 3 heteroatoms. The number of rotatable bonds is 3. The van der Waals surface area contributed by atoms with E-state index in [1.165, 1.54) is 11.1 Å². The molecule has 1 fully saturated rings. The zero-order valence-corrected chi connectivity index (χ0v) is 10.0. The van der Waals surface area contributed by atoms with Gasteiger partial charge in [-0.3, -0.25) is 0 Å². The highest BCUT2D eigenvalue weighted by atomic mass is 32.2. The van der Waals surface area contributed by atoms with Gasteiger partial charge in [-0.15, -0.1) is 11.8 Å². The van der Waals surface area contributed by atoms with Crippen LogP contribution in [0.15, 0.2) is 24.3 Å². The van der Waals surface area contributed by atoms with Crippen molar-refractivity contribution in [3.63, 3.8) is 0 Å². The van der Waals surface area contributed by atoms with E-state index in [0.717, 1.165) is 6.54 Å². The van der Waals surface area contributed by atoms with Crippen molar-refractivity contribution in [2.45, 2.75) is 24.2 Å². The molecule has 0 aliphatic carbocycles. The van der Waals surface area contributed by atoms with Crippen molar-refractivity contribution in [3.05, 3.63) is 35.4 Å². The van der Waals surface area contributed by atoms with Gasteiger partial charge in [-0.2, -0.15) is 0 Å². The van der Waals surface area contributed by atoms with Crippen molar-refractivity contribution < 1.29 is 4.74 Å². The van der Waals surface area contributed by atoms with Crippen molar-refractivity contribution in [2.75, 3.05) is 13.7 Å². The van der Waals surface area contributed by atoms with Crippen molar-refractivity contribution in [1.82, 2.24) is 5.32 Å². The van der Waals surface area contributed by atoms with Gasteiger partial charge in [0.25, 0.3) is 0 Å². The van der Waals surface area contributed by atoms with Crippen molar-refractivity contribution >= 4 is 11.8 Å². The molecule has 2 unspecified atom stereocenters. The van der Waals surface area contributed by atoms with Crippen LogP contribution in [-0.2, 0) is 11.3 Å². The van der Waals surface area contributed by atoms with Crippen molar-refractivity contribution in [3.8, 4) is 0 Å². The highest BCUT2D eigenvalue weighted by Crippen LogP contribution is 2.36. The molecule has 1 aromatic carbocycles. The van der Waals surface area contributed by atoms with Gasteiger partial charge in [0, 0.05) is 18.9 Å². The summed E-state index contributed by atoms with van der Waals surface area (Å²) in [7, 11) is 1.74. The highest BCUT2D eigenvalue weighted by molar-refractivity contribution is 8.00. The predicted molar refractivity (Wildman–Crippen MR) is 65.0 cm³/mol. The molecule has 2 atom stereocenters. The SMILES string of the molecule is COCc1ccccc1C1NCC(C)S1. The average molecular weight is 223 g/mol. The lowest BCUT2D eigenvalue weighted by Gasteiger charge is -2.14. The number of ether oxygens (including phenoxy) is 1. The van der Waals surface area contributed by atoms with Gasteiger partial charge in [0.05, 0.1) is 12.0 Å². The molecule has 1 N–H and O–H groups in total. The second kappa shape index (κ2) is 5.01. The maximum Gasteiger partial charge on any atom is 0.0796 e. The smallest absolute Gasteiger partial charge is 0.0796 e. The average Bonchev–Trinajstić information content (AvgIpc) is 2.66. The van der Waals surface area contributed by atoms with Crippen LogP contribution in [0, 0.1) is 0 Å². The summed E-state index contributed by atoms with van der Waals surface area (Å²) < 4.78 is 5.22. The molecule has 1 saturated heterocycles. The fourth-order valence-corrected chi connectivity index (χ4v) is 3.09. The number of hydrogen-bond acceptors (Lipinski definition) is 3. The Bertz CT molecular complexity index is 329. The quantitative estimate of drug-likeness (QED) is 0.851. The zero-order valence-electron chi connectivity index (χ0n) is 9.19. The van der Waals surface area contributed by atoms with Crippen LogP contribution in [0.2, 0.25) is 0 Å². The van der Waals surface area contributed by atoms with E-state index in [2.05, 4.69) is 36.5 Å². The molecule has 1 heterocycles. The van der Waals surface area contributed by atoms with Gasteiger partial charge in [-0.1, -0.05) is 31.2 Å². The third-order valence-corrected chi connectivity index (χ3v) is 3.92. The molecule has 1 aliphatic heterocycles. The van der Waals surface area contributed by atoms with Gasteiger partial charge in [-0.25, -0.2) is 0 Å². The van der Waals surface area contributed by atoms with Gasteiger partial charge in [-0.05, 0) is 11.1 Å². The van der Waals surface area contributed by atoms with Gasteiger partial charge in [0.2, 0.25) is 0 Å². The van der Waals surface area contributed by atoms with E-state index in [1.807, 2.05) is 11.8 Å². The van der Waals surface area contributed by atoms with Gasteiger partial charge in [0.15, 0.2) is 0 Å². The normalized spacial score (nSPS) is 25.7. The summed E-state index contributed by atoms with van der Waals surface area (Å²) in [5.41, 5.74) is 2.66. The minimum absolute atomic E-state index is 0.436. The summed E-state index contributed by atoms with van der Waals surface area (Å²) in [4.78, 5) is 0. The first-order valence-corrected chi connectivity index (χ1v) is 6.21. The Morgan fingerprint density at radius 2 is 2.27 bits per heavy atom. The maximum atomic E-state index is 5.22. The number of benzene rings is 1. The summed E-state index contributed by atoms with van der Waals surface area (Å²) in [6, 6.07) is 8.50. The summed E-state index contributed by atoms with van der Waals surface area (Å²) in [5, 5.41) is 4.66. The Kier molecular flexibility index (Phi) is 3.67. The number of thioether (sulfide) groups is 1. The van der Waals surface area contributed by atoms with Crippen LogP contribution in [0.4, 0.5) is 0 Å². The molecule has 0 radical (unpaired) electrons. The fraction of sp³-hybridized carbons (Fsp3) is 0.500. The molecule has 1 aromatic rings. The monoisotopic (exact) mass is 223 g/mol. The van der Waals surface area contributed by atoms with E-state index in [0.29, 0.717) is 17.2 Å². The largest absolute Gasteiger partial charge is 0.380 e. The van der Waals surface area contributed by atoms with Crippen LogP contribution in [-0.4, -0.2) is 18.9 Å². The maximum absolute atomic E-state index is 5.22. The van der Waals surface area contributed by atoms with Crippen LogP contribution in [0.1, 0.15) is 23.4 Å². The summed E-state index contributed by atoms with van der Waals surface area (Å²) in [5.74, 6) is 0. The Morgan fingerprint density at radius 3 is 2.93 bits per heavy atom. The minimum atomic E-state index is 0.436. The van der Waals surface area contributed by atoms with Gasteiger partial charge < -0.3 is 10.1 Å². The zero-order chi connectivity index (χ0) is 10.7. The Morgan fingerprint density at radius 1 is 1.47 bits per heavy atom. The minimum Gasteiger partial charge on any atom is -0.380 e. The van der Waals surface area contributed by atoms with E-state index in [9.17, 15) is 0 Å². The number of nitrogens with one attached hydrogen (secondary N) is 1. The third-order valence-electron chi connectivity index (χ3n) is 2.60. The molecule has 2 nitrogen and oxygen atoms in total. The summed E-state index contributed by atoms with van der Waals surface area (Å²) in [6.07, 6.45) is 0. The first-order chi connectivity index (χ1) is 7.31. The molecule has 0 amide bonds. The molecule has 15 heavy (non-hydrogen) atoms. The van der Waals surface area contributed by atoms with Crippen LogP contribution in [0.25, 0.3) is 0 Å². The molecular formula is C12H17NOS. The first kappa shape index (κ1) is 11.0. The summed E-state index contributed by atoms with van der Waals surface area (Å²) >= 11 is 1.99. The Balaban J connectivity index is 2.19. The van der Waals surface area contributed by atoms with E-state index in [-0.39, 0.29) is 0 Å². The molecule has 0 aromatic heterocycles.